The number of halogens is 2. The molecule has 0 heterocycles. The smallest absolute Gasteiger partial charge is 0.329 e. The Kier molecular flexibility index (Phi) is 8.82. The number of carbonyl (C=O) groups excluding carboxylic acids is 4. The van der Waals surface area contributed by atoms with Crippen LogP contribution in [0.4, 0.5) is 14.5 Å². The first-order valence-electron chi connectivity index (χ1n) is 9.71. The molecule has 0 saturated heterocycles. The lowest BCUT2D eigenvalue weighted by Gasteiger charge is -2.20. The Morgan fingerprint density at radius 2 is 1.62 bits per heavy atom. The zero-order chi connectivity index (χ0) is 23.7. The summed E-state index contributed by atoms with van der Waals surface area (Å²) in [5.74, 6) is -5.19. The van der Waals surface area contributed by atoms with Gasteiger partial charge < -0.3 is 20.7 Å². The van der Waals surface area contributed by atoms with Crippen molar-refractivity contribution in [1.29, 1.82) is 0 Å². The molecule has 32 heavy (non-hydrogen) atoms. The largest absolute Gasteiger partial charge is 0.454 e. The second-order valence-corrected chi connectivity index (χ2v) is 7.12. The van der Waals surface area contributed by atoms with Crippen LogP contribution >= 0.6 is 0 Å². The number of amides is 3. The number of rotatable bonds is 9. The van der Waals surface area contributed by atoms with Crippen molar-refractivity contribution in [1.82, 2.24) is 10.6 Å². The van der Waals surface area contributed by atoms with Crippen LogP contribution in [0, 0.1) is 17.6 Å². The van der Waals surface area contributed by atoms with E-state index in [1.54, 1.807) is 44.2 Å². The molecule has 1 atom stereocenters. The standard InChI is InChI=1S/C22H23F2N3O5/c1-13(2)20(27-21(30)14-6-4-3-5-7-14)22(31)32-12-19(29)25-11-18(28)26-15-8-9-16(23)17(24)10-15/h3-10,13,20H,11-12H2,1-2H3,(H,25,29)(H,26,28)(H,27,30)/t20-/m0/s1. The van der Waals surface area contributed by atoms with E-state index < -0.39 is 54.5 Å². The number of nitrogens with one attached hydrogen (secondary N) is 3. The molecule has 0 aliphatic rings. The lowest BCUT2D eigenvalue weighted by Crippen LogP contribution is -2.46. The minimum atomic E-state index is -1.13. The van der Waals surface area contributed by atoms with Gasteiger partial charge in [-0.15, -0.1) is 0 Å². The molecule has 10 heteroatoms. The van der Waals surface area contributed by atoms with Gasteiger partial charge in [-0.05, 0) is 30.2 Å². The Morgan fingerprint density at radius 1 is 0.938 bits per heavy atom. The van der Waals surface area contributed by atoms with Crippen molar-refractivity contribution < 1.29 is 32.7 Å². The van der Waals surface area contributed by atoms with E-state index in [0.29, 0.717) is 5.56 Å². The second-order valence-electron chi connectivity index (χ2n) is 7.12. The number of hydrogen-bond acceptors (Lipinski definition) is 5. The van der Waals surface area contributed by atoms with E-state index in [-0.39, 0.29) is 11.6 Å². The third-order valence-corrected chi connectivity index (χ3v) is 4.24. The van der Waals surface area contributed by atoms with Crippen LogP contribution in [-0.4, -0.2) is 42.9 Å². The second kappa shape index (κ2) is 11.5. The average Bonchev–Trinajstić information content (AvgIpc) is 2.77. The van der Waals surface area contributed by atoms with Crippen LogP contribution < -0.4 is 16.0 Å². The van der Waals surface area contributed by atoms with Crippen molar-refractivity contribution in [3.63, 3.8) is 0 Å². The summed E-state index contributed by atoms with van der Waals surface area (Å²) >= 11 is 0. The molecule has 0 aromatic heterocycles. The number of ether oxygens (including phenoxy) is 1. The zero-order valence-electron chi connectivity index (χ0n) is 17.5. The van der Waals surface area contributed by atoms with Crippen LogP contribution in [0.5, 0.6) is 0 Å². The van der Waals surface area contributed by atoms with E-state index >= 15 is 0 Å². The molecule has 0 aliphatic carbocycles. The summed E-state index contributed by atoms with van der Waals surface area (Å²) < 4.78 is 31.0. The van der Waals surface area contributed by atoms with E-state index in [0.717, 1.165) is 18.2 Å². The lowest BCUT2D eigenvalue weighted by molar-refractivity contribution is -0.151. The van der Waals surface area contributed by atoms with Gasteiger partial charge >= 0.3 is 5.97 Å². The Hall–Kier alpha value is -3.82. The molecule has 0 fully saturated rings. The highest BCUT2D eigenvalue weighted by molar-refractivity contribution is 5.97. The summed E-state index contributed by atoms with van der Waals surface area (Å²) in [6.07, 6.45) is 0. The molecule has 170 valence electrons. The van der Waals surface area contributed by atoms with Crippen LogP contribution in [0.25, 0.3) is 0 Å². The van der Waals surface area contributed by atoms with Gasteiger partial charge in [-0.2, -0.15) is 0 Å². The fourth-order valence-electron chi connectivity index (χ4n) is 2.55. The molecule has 2 rings (SSSR count). The monoisotopic (exact) mass is 447 g/mol. The number of hydrogen-bond donors (Lipinski definition) is 3. The van der Waals surface area contributed by atoms with Crippen molar-refractivity contribution in [2.75, 3.05) is 18.5 Å². The van der Waals surface area contributed by atoms with Crippen molar-refractivity contribution in [3.05, 3.63) is 65.7 Å². The maximum atomic E-state index is 13.1. The Morgan fingerprint density at radius 3 is 2.25 bits per heavy atom. The van der Waals surface area contributed by atoms with Gasteiger partial charge in [0.05, 0.1) is 6.54 Å². The van der Waals surface area contributed by atoms with Gasteiger partial charge in [-0.1, -0.05) is 32.0 Å². The van der Waals surface area contributed by atoms with E-state index in [4.69, 9.17) is 4.74 Å². The predicted octanol–water partition coefficient (Wildman–Crippen LogP) is 2.02. The van der Waals surface area contributed by atoms with Gasteiger partial charge in [0.25, 0.3) is 11.8 Å². The molecule has 0 bridgehead atoms. The molecular weight excluding hydrogens is 424 g/mol. The Balaban J connectivity index is 1.79. The molecule has 0 unspecified atom stereocenters. The van der Waals surface area contributed by atoms with Crippen molar-refractivity contribution in [3.8, 4) is 0 Å². The molecule has 0 aliphatic heterocycles. The van der Waals surface area contributed by atoms with Gasteiger partial charge in [-0.25, -0.2) is 13.6 Å². The normalized spacial score (nSPS) is 11.4. The van der Waals surface area contributed by atoms with Crippen LogP contribution in [0.2, 0.25) is 0 Å². The summed E-state index contributed by atoms with van der Waals surface area (Å²) in [4.78, 5) is 48.3. The number of carbonyl (C=O) groups is 4. The van der Waals surface area contributed by atoms with Crippen molar-refractivity contribution in [2.45, 2.75) is 19.9 Å². The zero-order valence-corrected chi connectivity index (χ0v) is 17.5. The van der Waals surface area contributed by atoms with Gasteiger partial charge in [0.15, 0.2) is 18.2 Å². The lowest BCUT2D eigenvalue weighted by atomic mass is 10.0. The number of benzene rings is 2. The maximum Gasteiger partial charge on any atom is 0.329 e. The minimum absolute atomic E-state index is 0.0171. The van der Waals surface area contributed by atoms with Gasteiger partial charge in [0.2, 0.25) is 5.91 Å². The Labute approximate surface area is 183 Å². The molecule has 3 amide bonds. The van der Waals surface area contributed by atoms with Crippen LogP contribution in [0.3, 0.4) is 0 Å². The van der Waals surface area contributed by atoms with Crippen molar-refractivity contribution >= 4 is 29.4 Å². The van der Waals surface area contributed by atoms with Crippen molar-refractivity contribution in [2.24, 2.45) is 5.92 Å². The minimum Gasteiger partial charge on any atom is -0.454 e. The van der Waals surface area contributed by atoms with E-state index in [2.05, 4.69) is 16.0 Å². The fourth-order valence-corrected chi connectivity index (χ4v) is 2.55. The SMILES string of the molecule is CC(C)[C@H](NC(=O)c1ccccc1)C(=O)OCC(=O)NCC(=O)Nc1ccc(F)c(F)c1. The molecule has 2 aromatic carbocycles. The van der Waals surface area contributed by atoms with Crippen LogP contribution in [-0.2, 0) is 19.1 Å². The highest BCUT2D eigenvalue weighted by atomic mass is 19.2. The highest BCUT2D eigenvalue weighted by Crippen LogP contribution is 2.12. The third-order valence-electron chi connectivity index (χ3n) is 4.24. The molecule has 2 aromatic rings. The maximum absolute atomic E-state index is 13.1. The Bertz CT molecular complexity index is 983. The van der Waals surface area contributed by atoms with Gasteiger partial charge in [0.1, 0.15) is 6.04 Å². The number of esters is 1. The van der Waals surface area contributed by atoms with E-state index in [1.165, 1.54) is 0 Å². The molecule has 0 saturated carbocycles. The molecule has 3 N–H and O–H groups in total. The summed E-state index contributed by atoms with van der Waals surface area (Å²) in [5, 5.41) is 7.10. The van der Waals surface area contributed by atoms with Gasteiger partial charge in [-0.3, -0.25) is 14.4 Å². The molecule has 0 spiro atoms. The molecule has 0 radical (unpaired) electrons. The highest BCUT2D eigenvalue weighted by Gasteiger charge is 2.26. The molecular formula is C22H23F2N3O5. The first-order valence-corrected chi connectivity index (χ1v) is 9.71. The first kappa shape index (κ1) is 24.4. The average molecular weight is 447 g/mol. The predicted molar refractivity (Wildman–Crippen MR) is 111 cm³/mol. The quantitative estimate of drug-likeness (QED) is 0.509. The number of anilines is 1. The summed E-state index contributed by atoms with van der Waals surface area (Å²) in [7, 11) is 0. The van der Waals surface area contributed by atoms with Crippen LogP contribution in [0.1, 0.15) is 24.2 Å². The first-order chi connectivity index (χ1) is 15.2. The third kappa shape index (κ3) is 7.46. The van der Waals surface area contributed by atoms with E-state index in [9.17, 15) is 28.0 Å². The summed E-state index contributed by atoms with van der Waals surface area (Å²) in [6.45, 7) is 2.27. The summed E-state index contributed by atoms with van der Waals surface area (Å²) in [5.41, 5.74) is 0.388. The van der Waals surface area contributed by atoms with Crippen LogP contribution in [0.15, 0.2) is 48.5 Å². The van der Waals surface area contributed by atoms with E-state index in [1.807, 2.05) is 0 Å². The summed E-state index contributed by atoms with van der Waals surface area (Å²) in [6, 6.07) is 10.1. The molecule has 8 nitrogen and oxygen atoms in total. The van der Waals surface area contributed by atoms with Gasteiger partial charge in [0, 0.05) is 17.3 Å². The fraction of sp³-hybridized carbons (Fsp3) is 0.273. The topological polar surface area (TPSA) is 114 Å².